The monoisotopic (exact) mass is 287 g/mol. The molecule has 0 aliphatic rings. The third-order valence-corrected chi connectivity index (χ3v) is 3.21. The van der Waals surface area contributed by atoms with Crippen molar-refractivity contribution in [3.05, 3.63) is 60.8 Å². The Morgan fingerprint density at radius 3 is 2.81 bits per heavy atom. The lowest BCUT2D eigenvalue weighted by molar-refractivity contribution is 0.295. The van der Waals surface area contributed by atoms with Crippen LogP contribution in [0.3, 0.4) is 0 Å². The summed E-state index contributed by atoms with van der Waals surface area (Å²) in [6.07, 6.45) is 8.32. The zero-order valence-corrected chi connectivity index (χ0v) is 12.1. The zero-order valence-electron chi connectivity index (χ0n) is 12.1. The van der Waals surface area contributed by atoms with Crippen molar-refractivity contribution >= 4 is 0 Å². The van der Waals surface area contributed by atoms with Gasteiger partial charge in [0, 0.05) is 24.0 Å². The molecule has 2 heterocycles. The van der Waals surface area contributed by atoms with E-state index < -0.39 is 5.95 Å². The fourth-order valence-electron chi connectivity index (χ4n) is 2.07. The summed E-state index contributed by atoms with van der Waals surface area (Å²) >= 11 is 0. The fraction of sp³-hybridized carbons (Fsp3) is 0.353. The molecule has 0 aliphatic heterocycles. The molecule has 2 aromatic rings. The van der Waals surface area contributed by atoms with Crippen molar-refractivity contribution < 1.29 is 9.13 Å². The van der Waals surface area contributed by atoms with Gasteiger partial charge in [-0.3, -0.25) is 4.98 Å². The van der Waals surface area contributed by atoms with Crippen molar-refractivity contribution in [2.45, 2.75) is 38.7 Å². The molecule has 0 spiro atoms. The lowest BCUT2D eigenvalue weighted by Gasteiger charge is -2.11. The van der Waals surface area contributed by atoms with Crippen LogP contribution in [0, 0.1) is 12.9 Å². The number of pyridine rings is 2. The first-order valence-electron chi connectivity index (χ1n) is 7.26. The Kier molecular flexibility index (Phi) is 6.13. The van der Waals surface area contributed by atoms with E-state index >= 15 is 0 Å². The standard InChI is InChI=1S/C17H20FN2O/c1-2-3-4-5-8-14-12-20-17(18)11-16(14)21-13-15-9-6-7-10-19-15/h6-7,9-12H,1-5,8,13H2. The molecule has 0 saturated carbocycles. The lowest BCUT2D eigenvalue weighted by atomic mass is 10.1. The fourth-order valence-corrected chi connectivity index (χ4v) is 2.07. The summed E-state index contributed by atoms with van der Waals surface area (Å²) < 4.78 is 19.0. The summed E-state index contributed by atoms with van der Waals surface area (Å²) in [6.45, 7) is 4.16. The van der Waals surface area contributed by atoms with Gasteiger partial charge in [-0.25, -0.2) is 4.98 Å². The Labute approximate surface area is 125 Å². The molecule has 0 saturated heterocycles. The second kappa shape index (κ2) is 8.35. The highest BCUT2D eigenvalue weighted by Gasteiger charge is 2.07. The van der Waals surface area contributed by atoms with Gasteiger partial charge in [-0.15, -0.1) is 0 Å². The van der Waals surface area contributed by atoms with E-state index in [2.05, 4.69) is 16.9 Å². The van der Waals surface area contributed by atoms with Crippen molar-refractivity contribution in [1.29, 1.82) is 0 Å². The SMILES string of the molecule is [CH2]CCCCCc1cnc(F)cc1OCc1ccccn1. The molecule has 0 amide bonds. The average Bonchev–Trinajstić information content (AvgIpc) is 2.52. The normalized spacial score (nSPS) is 10.6. The molecule has 0 N–H and O–H groups in total. The van der Waals surface area contributed by atoms with Crippen LogP contribution in [0.5, 0.6) is 5.75 Å². The van der Waals surface area contributed by atoms with E-state index in [1.807, 2.05) is 18.2 Å². The number of aryl methyl sites for hydroxylation is 1. The van der Waals surface area contributed by atoms with Crippen LogP contribution in [0.15, 0.2) is 36.7 Å². The Hall–Kier alpha value is -1.97. The summed E-state index contributed by atoms with van der Waals surface area (Å²) in [7, 11) is 0. The van der Waals surface area contributed by atoms with Gasteiger partial charge >= 0.3 is 0 Å². The first-order chi connectivity index (χ1) is 10.3. The molecule has 1 radical (unpaired) electrons. The maximum atomic E-state index is 13.3. The minimum Gasteiger partial charge on any atom is -0.487 e. The van der Waals surface area contributed by atoms with Crippen LogP contribution in [-0.4, -0.2) is 9.97 Å². The highest BCUT2D eigenvalue weighted by atomic mass is 19.1. The number of hydrogen-bond acceptors (Lipinski definition) is 3. The van der Waals surface area contributed by atoms with Crippen LogP contribution in [-0.2, 0) is 13.0 Å². The van der Waals surface area contributed by atoms with E-state index in [4.69, 9.17) is 4.74 Å². The smallest absolute Gasteiger partial charge is 0.216 e. The molecular formula is C17H20FN2O. The Morgan fingerprint density at radius 2 is 2.05 bits per heavy atom. The number of rotatable bonds is 8. The van der Waals surface area contributed by atoms with E-state index in [0.29, 0.717) is 12.4 Å². The van der Waals surface area contributed by atoms with E-state index in [-0.39, 0.29) is 0 Å². The van der Waals surface area contributed by atoms with E-state index in [9.17, 15) is 4.39 Å². The third-order valence-electron chi connectivity index (χ3n) is 3.21. The molecule has 0 fully saturated rings. The summed E-state index contributed by atoms with van der Waals surface area (Å²) in [5.41, 5.74) is 1.76. The Morgan fingerprint density at radius 1 is 1.14 bits per heavy atom. The van der Waals surface area contributed by atoms with Gasteiger partial charge in [-0.2, -0.15) is 4.39 Å². The van der Waals surface area contributed by atoms with Gasteiger partial charge in [0.25, 0.3) is 0 Å². The van der Waals surface area contributed by atoms with Crippen LogP contribution < -0.4 is 4.74 Å². The topological polar surface area (TPSA) is 35.0 Å². The van der Waals surface area contributed by atoms with Gasteiger partial charge in [0.1, 0.15) is 12.4 Å². The van der Waals surface area contributed by atoms with Gasteiger partial charge in [0.05, 0.1) is 5.69 Å². The maximum Gasteiger partial charge on any atom is 0.216 e. The third kappa shape index (κ3) is 5.14. The summed E-state index contributed by atoms with van der Waals surface area (Å²) in [5.74, 6) is 0.0373. The first-order valence-corrected chi connectivity index (χ1v) is 7.26. The first kappa shape index (κ1) is 15.4. The number of unbranched alkanes of at least 4 members (excludes halogenated alkanes) is 3. The number of aromatic nitrogens is 2. The predicted molar refractivity (Wildman–Crippen MR) is 80.3 cm³/mol. The van der Waals surface area contributed by atoms with Crippen LogP contribution in [0.25, 0.3) is 0 Å². The molecule has 0 unspecified atom stereocenters. The molecule has 0 aromatic carbocycles. The predicted octanol–water partition coefficient (Wildman–Crippen LogP) is 4.13. The number of nitrogens with zero attached hydrogens (tertiary/aromatic N) is 2. The maximum absolute atomic E-state index is 13.3. The van der Waals surface area contributed by atoms with Crippen LogP contribution in [0.2, 0.25) is 0 Å². The molecule has 0 aliphatic carbocycles. The van der Waals surface area contributed by atoms with Gasteiger partial charge in [0.2, 0.25) is 5.95 Å². The summed E-state index contributed by atoms with van der Waals surface area (Å²) in [6, 6.07) is 6.98. The molecule has 0 bridgehead atoms. The van der Waals surface area contributed by atoms with Gasteiger partial charge in [0.15, 0.2) is 0 Å². The van der Waals surface area contributed by atoms with Gasteiger partial charge in [-0.1, -0.05) is 32.3 Å². The molecule has 2 aromatic heterocycles. The lowest BCUT2D eigenvalue weighted by Crippen LogP contribution is -2.02. The Balaban J connectivity index is 1.97. The second-order valence-electron chi connectivity index (χ2n) is 4.89. The van der Waals surface area contributed by atoms with Crippen LogP contribution >= 0.6 is 0 Å². The minimum absolute atomic E-state index is 0.330. The highest BCUT2D eigenvalue weighted by molar-refractivity contribution is 5.31. The van der Waals surface area contributed by atoms with Crippen LogP contribution in [0.4, 0.5) is 4.39 Å². The molecule has 21 heavy (non-hydrogen) atoms. The highest BCUT2D eigenvalue weighted by Crippen LogP contribution is 2.22. The largest absolute Gasteiger partial charge is 0.487 e. The van der Waals surface area contributed by atoms with E-state index in [1.54, 1.807) is 12.4 Å². The molecular weight excluding hydrogens is 267 g/mol. The second-order valence-corrected chi connectivity index (χ2v) is 4.89. The van der Waals surface area contributed by atoms with Crippen molar-refractivity contribution in [3.8, 4) is 5.75 Å². The number of hydrogen-bond donors (Lipinski definition) is 0. The zero-order chi connectivity index (χ0) is 14.9. The van der Waals surface area contributed by atoms with Crippen LogP contribution in [0.1, 0.15) is 36.9 Å². The van der Waals surface area contributed by atoms with Gasteiger partial charge < -0.3 is 4.74 Å². The number of halogens is 1. The quantitative estimate of drug-likeness (QED) is 0.541. The van der Waals surface area contributed by atoms with Gasteiger partial charge in [-0.05, 0) is 25.0 Å². The summed E-state index contributed by atoms with van der Waals surface area (Å²) in [5, 5.41) is 0. The molecule has 2 rings (SSSR count). The molecule has 111 valence electrons. The Bertz CT molecular complexity index is 546. The van der Waals surface area contributed by atoms with Crippen molar-refractivity contribution in [3.63, 3.8) is 0 Å². The minimum atomic E-state index is -0.521. The van der Waals surface area contributed by atoms with E-state index in [1.165, 1.54) is 6.07 Å². The van der Waals surface area contributed by atoms with E-state index in [0.717, 1.165) is 43.4 Å². The molecule has 3 nitrogen and oxygen atoms in total. The molecule has 4 heteroatoms. The molecule has 0 atom stereocenters. The van der Waals surface area contributed by atoms with Crippen molar-refractivity contribution in [2.24, 2.45) is 0 Å². The average molecular weight is 287 g/mol. The summed E-state index contributed by atoms with van der Waals surface area (Å²) in [4.78, 5) is 7.91. The van der Waals surface area contributed by atoms with Crippen molar-refractivity contribution in [2.75, 3.05) is 0 Å². The number of ether oxygens (including phenoxy) is 1. The van der Waals surface area contributed by atoms with Crippen molar-refractivity contribution in [1.82, 2.24) is 9.97 Å².